The lowest BCUT2D eigenvalue weighted by atomic mass is 9.90. The molecule has 2 heterocycles. The highest BCUT2D eigenvalue weighted by Crippen LogP contribution is 2.35. The Morgan fingerprint density at radius 1 is 1.04 bits per heavy atom. The first-order valence-corrected chi connectivity index (χ1v) is 8.05. The second kappa shape index (κ2) is 6.09. The van der Waals surface area contributed by atoms with Gasteiger partial charge in [-0.3, -0.25) is 9.78 Å². The fourth-order valence-electron chi connectivity index (χ4n) is 3.38. The molecule has 4 rings (SSSR count). The minimum atomic E-state index is -0.0758. The Morgan fingerprint density at radius 2 is 1.92 bits per heavy atom. The van der Waals surface area contributed by atoms with Crippen molar-refractivity contribution in [1.82, 2.24) is 4.98 Å². The zero-order valence-electron chi connectivity index (χ0n) is 14.0. The highest BCUT2D eigenvalue weighted by Gasteiger charge is 2.25. The number of hydrogen-bond acceptors (Lipinski definition) is 5. The van der Waals surface area contributed by atoms with Crippen LogP contribution in [0.3, 0.4) is 0 Å². The maximum Gasteiger partial charge on any atom is 0.202 e. The van der Waals surface area contributed by atoms with Crippen molar-refractivity contribution in [3.05, 3.63) is 69.9 Å². The van der Waals surface area contributed by atoms with Crippen LogP contribution in [0.1, 0.15) is 17.5 Å². The zero-order valence-corrected chi connectivity index (χ0v) is 14.0. The summed E-state index contributed by atoms with van der Waals surface area (Å²) in [6, 6.07) is 9.18. The molecule has 126 valence electrons. The third kappa shape index (κ3) is 2.39. The molecule has 0 saturated heterocycles. The van der Waals surface area contributed by atoms with Gasteiger partial charge in [0, 0.05) is 18.2 Å². The molecule has 25 heavy (non-hydrogen) atoms. The summed E-state index contributed by atoms with van der Waals surface area (Å²) < 4.78 is 16.7. The third-order valence-corrected chi connectivity index (χ3v) is 4.54. The number of methoxy groups -OCH3 is 2. The van der Waals surface area contributed by atoms with Gasteiger partial charge in [0.15, 0.2) is 5.76 Å². The Balaban J connectivity index is 2.02. The molecule has 1 aromatic carbocycles. The molecular weight excluding hydrogens is 318 g/mol. The number of ether oxygens (including phenoxy) is 2. The van der Waals surface area contributed by atoms with E-state index in [1.54, 1.807) is 32.5 Å². The van der Waals surface area contributed by atoms with Crippen LogP contribution in [-0.2, 0) is 15.9 Å². The minimum absolute atomic E-state index is 0.0758. The summed E-state index contributed by atoms with van der Waals surface area (Å²) in [6.45, 7) is 0. The topological polar surface area (TPSA) is 61.6 Å². The van der Waals surface area contributed by atoms with Gasteiger partial charge < -0.3 is 13.9 Å². The molecule has 5 nitrogen and oxygen atoms in total. The van der Waals surface area contributed by atoms with E-state index in [2.05, 4.69) is 4.98 Å². The zero-order chi connectivity index (χ0) is 17.4. The van der Waals surface area contributed by atoms with Crippen molar-refractivity contribution in [3.63, 3.8) is 0 Å². The quantitative estimate of drug-likeness (QED) is 0.729. The molecule has 0 amide bonds. The average molecular weight is 335 g/mol. The molecule has 5 heteroatoms. The first-order chi connectivity index (χ1) is 12.2. The van der Waals surface area contributed by atoms with Crippen LogP contribution in [0, 0.1) is 0 Å². The van der Waals surface area contributed by atoms with Crippen LogP contribution in [0.2, 0.25) is 0 Å². The molecular formula is C20H17NO4. The van der Waals surface area contributed by atoms with E-state index in [1.807, 2.05) is 18.2 Å². The van der Waals surface area contributed by atoms with Crippen LogP contribution in [0.5, 0.6) is 0 Å². The first-order valence-electron chi connectivity index (χ1n) is 8.05. The molecule has 0 N–H and O–H groups in total. The Labute approximate surface area is 144 Å². The number of benzene rings is 1. The number of pyridine rings is 1. The van der Waals surface area contributed by atoms with Crippen molar-refractivity contribution in [1.29, 1.82) is 0 Å². The number of rotatable bonds is 3. The Hall–Kier alpha value is -3.08. The van der Waals surface area contributed by atoms with Gasteiger partial charge in [-0.1, -0.05) is 6.07 Å². The van der Waals surface area contributed by atoms with Gasteiger partial charge in [-0.15, -0.1) is 0 Å². The number of aromatic nitrogens is 1. The highest BCUT2D eigenvalue weighted by atomic mass is 16.5. The molecule has 1 aliphatic rings. The van der Waals surface area contributed by atoms with Gasteiger partial charge in [0.1, 0.15) is 17.6 Å². The van der Waals surface area contributed by atoms with Crippen LogP contribution >= 0.6 is 0 Å². The lowest BCUT2D eigenvalue weighted by molar-refractivity contribution is 0.250. The molecule has 0 atom stereocenters. The van der Waals surface area contributed by atoms with Gasteiger partial charge in [0.25, 0.3) is 0 Å². The molecule has 2 aromatic heterocycles. The van der Waals surface area contributed by atoms with Gasteiger partial charge in [0.2, 0.25) is 5.43 Å². The van der Waals surface area contributed by atoms with E-state index >= 15 is 0 Å². The fraction of sp³-hybridized carbons (Fsp3) is 0.200. The van der Waals surface area contributed by atoms with Crippen molar-refractivity contribution in [3.8, 4) is 11.3 Å². The molecule has 0 aliphatic heterocycles. The van der Waals surface area contributed by atoms with Crippen molar-refractivity contribution in [2.45, 2.75) is 12.8 Å². The normalized spacial score (nSPS) is 13.7. The number of hydrogen-bond donors (Lipinski definition) is 0. The minimum Gasteiger partial charge on any atom is -0.497 e. The molecule has 0 bridgehead atoms. The monoisotopic (exact) mass is 335 g/mol. The molecule has 0 fully saturated rings. The van der Waals surface area contributed by atoms with E-state index in [9.17, 15) is 4.79 Å². The average Bonchev–Trinajstić information content (AvgIpc) is 2.67. The molecule has 1 aliphatic carbocycles. The van der Waals surface area contributed by atoms with Gasteiger partial charge >= 0.3 is 0 Å². The van der Waals surface area contributed by atoms with Crippen molar-refractivity contribution < 1.29 is 13.9 Å². The predicted molar refractivity (Wildman–Crippen MR) is 95.0 cm³/mol. The van der Waals surface area contributed by atoms with Crippen molar-refractivity contribution in [2.24, 2.45) is 0 Å². The second-order valence-electron chi connectivity index (χ2n) is 5.82. The maximum atomic E-state index is 13.2. The van der Waals surface area contributed by atoms with E-state index < -0.39 is 0 Å². The summed E-state index contributed by atoms with van der Waals surface area (Å²) in [5, 5.41) is 0.588. The Bertz CT molecular complexity index is 1030. The summed E-state index contributed by atoms with van der Waals surface area (Å²) in [5.74, 6) is 1.47. The lowest BCUT2D eigenvalue weighted by Crippen LogP contribution is -2.14. The molecule has 0 saturated carbocycles. The first kappa shape index (κ1) is 15.4. The van der Waals surface area contributed by atoms with Gasteiger partial charge in [-0.05, 0) is 36.2 Å². The molecule has 3 aromatic rings. The van der Waals surface area contributed by atoms with Gasteiger partial charge in [0.05, 0.1) is 30.9 Å². The molecule has 0 radical (unpaired) electrons. The Morgan fingerprint density at radius 3 is 2.64 bits per heavy atom. The number of nitrogens with zero attached hydrogens (tertiary/aromatic N) is 1. The smallest absolute Gasteiger partial charge is 0.202 e. The fourth-order valence-corrected chi connectivity index (χ4v) is 3.38. The summed E-state index contributed by atoms with van der Waals surface area (Å²) in [7, 11) is 3.24. The van der Waals surface area contributed by atoms with Crippen LogP contribution in [0.15, 0.2) is 57.8 Å². The summed E-state index contributed by atoms with van der Waals surface area (Å²) in [5.41, 5.74) is 3.37. The molecule has 0 unspecified atom stereocenters. The van der Waals surface area contributed by atoms with Gasteiger partial charge in [-0.2, -0.15) is 0 Å². The van der Waals surface area contributed by atoms with Gasteiger partial charge in [-0.25, -0.2) is 0 Å². The van der Waals surface area contributed by atoms with Crippen LogP contribution in [-0.4, -0.2) is 19.2 Å². The summed E-state index contributed by atoms with van der Waals surface area (Å²) in [6.07, 6.45) is 4.52. The van der Waals surface area contributed by atoms with Crippen molar-refractivity contribution >= 4 is 16.7 Å². The molecule has 0 spiro atoms. The largest absolute Gasteiger partial charge is 0.497 e. The van der Waals surface area contributed by atoms with E-state index in [1.165, 1.54) is 6.26 Å². The SMILES string of the molecule is COC1=C(OC)c2ccc3occ(-c4ccccn4)c(=O)c3c2CC1. The standard InChI is InChI=1S/C20H17NO4/c1-23-17-9-6-12-13(20(17)24-2)7-8-16-18(12)19(22)14(11-25-16)15-5-3-4-10-21-15/h3-5,7-8,10-11H,6,9H2,1-2H3. The van der Waals surface area contributed by atoms with E-state index in [4.69, 9.17) is 13.9 Å². The van der Waals surface area contributed by atoms with Crippen LogP contribution in [0.4, 0.5) is 0 Å². The summed E-state index contributed by atoms with van der Waals surface area (Å²) >= 11 is 0. The van der Waals surface area contributed by atoms with E-state index in [0.29, 0.717) is 40.8 Å². The maximum absolute atomic E-state index is 13.2. The van der Waals surface area contributed by atoms with Crippen molar-refractivity contribution in [2.75, 3.05) is 14.2 Å². The Kier molecular flexibility index (Phi) is 3.76. The number of allylic oxidation sites excluding steroid dienone is 1. The highest BCUT2D eigenvalue weighted by molar-refractivity contribution is 5.89. The lowest BCUT2D eigenvalue weighted by Gasteiger charge is -2.22. The third-order valence-electron chi connectivity index (χ3n) is 4.54. The summed E-state index contributed by atoms with van der Waals surface area (Å²) in [4.78, 5) is 17.4. The predicted octanol–water partition coefficient (Wildman–Crippen LogP) is 3.76. The number of fused-ring (bicyclic) bond motifs is 3. The van der Waals surface area contributed by atoms with E-state index in [0.717, 1.165) is 16.9 Å². The van der Waals surface area contributed by atoms with Crippen LogP contribution in [0.25, 0.3) is 28.0 Å². The second-order valence-corrected chi connectivity index (χ2v) is 5.82. The van der Waals surface area contributed by atoms with Crippen LogP contribution < -0.4 is 5.43 Å². The van der Waals surface area contributed by atoms with E-state index in [-0.39, 0.29) is 5.43 Å². The number of aryl methyl sites for hydroxylation is 1.